The molecule has 0 amide bonds. The Hall–Kier alpha value is -1.88. The number of aromatic nitrogens is 2. The number of hydrogen-bond donors (Lipinski definition) is 3. The highest BCUT2D eigenvalue weighted by Crippen LogP contribution is 2.28. The molecule has 1 saturated heterocycles. The second-order valence-electron chi connectivity index (χ2n) is 6.07. The van der Waals surface area contributed by atoms with Gasteiger partial charge in [-0.05, 0) is 50.4 Å². The topological polar surface area (TPSA) is 61.9 Å². The molecule has 1 aliphatic heterocycles. The lowest BCUT2D eigenvalue weighted by Crippen LogP contribution is -2.19. The van der Waals surface area contributed by atoms with E-state index in [-0.39, 0.29) is 0 Å². The molecule has 5 heteroatoms. The minimum atomic E-state index is 0.578. The molecule has 2 fully saturated rings. The van der Waals surface area contributed by atoms with Gasteiger partial charge >= 0.3 is 0 Å². The fourth-order valence-corrected chi connectivity index (χ4v) is 2.77. The molecule has 0 bridgehead atoms. The third kappa shape index (κ3) is 2.93. The third-order valence-corrected chi connectivity index (χ3v) is 4.21. The highest BCUT2D eigenvalue weighted by molar-refractivity contribution is 5.80. The Labute approximate surface area is 124 Å². The summed E-state index contributed by atoms with van der Waals surface area (Å²) in [6, 6.07) is 8.63. The summed E-state index contributed by atoms with van der Waals surface area (Å²) in [6.07, 6.45) is 3.71. The molecular formula is C16H21N5. The Morgan fingerprint density at radius 1 is 1.05 bits per heavy atom. The van der Waals surface area contributed by atoms with Gasteiger partial charge in [-0.1, -0.05) is 12.1 Å². The van der Waals surface area contributed by atoms with Gasteiger partial charge in [0.2, 0.25) is 0 Å². The van der Waals surface area contributed by atoms with Crippen LogP contribution in [0.4, 0.5) is 11.6 Å². The summed E-state index contributed by atoms with van der Waals surface area (Å²) in [5, 5.41) is 10.4. The van der Waals surface area contributed by atoms with E-state index in [0.29, 0.717) is 12.0 Å². The summed E-state index contributed by atoms with van der Waals surface area (Å²) >= 11 is 0. The highest BCUT2D eigenvalue weighted by Gasteiger charge is 2.24. The first-order valence-electron chi connectivity index (χ1n) is 7.86. The molecule has 21 heavy (non-hydrogen) atoms. The van der Waals surface area contributed by atoms with E-state index in [1.54, 1.807) is 0 Å². The molecule has 1 aromatic carbocycles. The van der Waals surface area contributed by atoms with Crippen molar-refractivity contribution in [2.75, 3.05) is 30.3 Å². The first-order valence-corrected chi connectivity index (χ1v) is 7.86. The zero-order valence-corrected chi connectivity index (χ0v) is 12.1. The maximum atomic E-state index is 4.76. The maximum Gasteiger partial charge on any atom is 0.169 e. The van der Waals surface area contributed by atoms with E-state index in [1.807, 2.05) is 24.3 Å². The van der Waals surface area contributed by atoms with Crippen molar-refractivity contribution in [2.24, 2.45) is 5.92 Å². The van der Waals surface area contributed by atoms with Crippen LogP contribution >= 0.6 is 0 Å². The molecule has 0 unspecified atom stereocenters. The van der Waals surface area contributed by atoms with Crippen LogP contribution in [0.25, 0.3) is 11.0 Å². The first-order chi connectivity index (χ1) is 10.4. The van der Waals surface area contributed by atoms with Crippen molar-refractivity contribution in [3.05, 3.63) is 24.3 Å². The highest BCUT2D eigenvalue weighted by atomic mass is 15.1. The van der Waals surface area contributed by atoms with Gasteiger partial charge in [0.05, 0.1) is 11.0 Å². The lowest BCUT2D eigenvalue weighted by Gasteiger charge is -2.15. The monoisotopic (exact) mass is 283 g/mol. The molecule has 2 heterocycles. The van der Waals surface area contributed by atoms with Crippen molar-refractivity contribution in [1.29, 1.82) is 0 Å². The number of rotatable bonds is 5. The molecule has 1 atom stereocenters. The predicted octanol–water partition coefficient (Wildman–Crippen LogP) is 2.23. The number of benzene rings is 1. The van der Waals surface area contributed by atoms with Gasteiger partial charge in [-0.15, -0.1) is 0 Å². The lowest BCUT2D eigenvalue weighted by molar-refractivity contribution is 0.614. The van der Waals surface area contributed by atoms with Crippen LogP contribution in [0.3, 0.4) is 0 Å². The first kappa shape index (κ1) is 12.8. The van der Waals surface area contributed by atoms with Gasteiger partial charge in [0.15, 0.2) is 11.6 Å². The molecule has 1 aliphatic carbocycles. The standard InChI is InChI=1S/C16H21N5/c1-2-4-14-13(3-1)20-15(16(21-14)19-12-5-6-12)18-10-11-7-8-17-9-11/h1-4,11-12,17H,5-10H2,(H,18,20)(H,19,21)/t11-/m1/s1. The lowest BCUT2D eigenvalue weighted by atomic mass is 10.1. The number of anilines is 2. The molecule has 1 aromatic heterocycles. The van der Waals surface area contributed by atoms with Gasteiger partial charge in [0, 0.05) is 12.6 Å². The molecule has 3 N–H and O–H groups in total. The molecule has 0 radical (unpaired) electrons. The van der Waals surface area contributed by atoms with E-state index in [4.69, 9.17) is 9.97 Å². The molecule has 2 aromatic rings. The number of nitrogens with one attached hydrogen (secondary N) is 3. The average molecular weight is 283 g/mol. The fraction of sp³-hybridized carbons (Fsp3) is 0.500. The largest absolute Gasteiger partial charge is 0.367 e. The van der Waals surface area contributed by atoms with Gasteiger partial charge in [0.1, 0.15) is 0 Å². The van der Waals surface area contributed by atoms with Crippen LogP contribution in [0.2, 0.25) is 0 Å². The molecule has 4 rings (SSSR count). The Kier molecular flexibility index (Phi) is 3.35. The minimum Gasteiger partial charge on any atom is -0.367 e. The van der Waals surface area contributed by atoms with Gasteiger partial charge in [0.25, 0.3) is 0 Å². The molecular weight excluding hydrogens is 262 g/mol. The SMILES string of the molecule is c1ccc2nc(NC3CC3)c(NC[C@@H]3CCNC3)nc2c1. The minimum absolute atomic E-state index is 0.578. The van der Waals surface area contributed by atoms with E-state index in [9.17, 15) is 0 Å². The van der Waals surface area contributed by atoms with Crippen molar-refractivity contribution in [3.63, 3.8) is 0 Å². The summed E-state index contributed by atoms with van der Waals surface area (Å²) in [5.41, 5.74) is 1.90. The van der Waals surface area contributed by atoms with Crippen molar-refractivity contribution in [1.82, 2.24) is 15.3 Å². The third-order valence-electron chi connectivity index (χ3n) is 4.21. The second kappa shape index (κ2) is 5.48. The summed E-state index contributed by atoms with van der Waals surface area (Å²) in [4.78, 5) is 9.51. The zero-order chi connectivity index (χ0) is 14.1. The van der Waals surface area contributed by atoms with E-state index in [2.05, 4.69) is 16.0 Å². The van der Waals surface area contributed by atoms with Crippen molar-refractivity contribution >= 4 is 22.7 Å². The maximum absolute atomic E-state index is 4.76. The number of fused-ring (bicyclic) bond motifs is 1. The molecule has 5 nitrogen and oxygen atoms in total. The van der Waals surface area contributed by atoms with E-state index in [0.717, 1.165) is 42.3 Å². The van der Waals surface area contributed by atoms with E-state index in [1.165, 1.54) is 19.3 Å². The van der Waals surface area contributed by atoms with Crippen LogP contribution in [0.5, 0.6) is 0 Å². The van der Waals surface area contributed by atoms with Crippen molar-refractivity contribution in [2.45, 2.75) is 25.3 Å². The number of hydrogen-bond acceptors (Lipinski definition) is 5. The number of nitrogens with zero attached hydrogens (tertiary/aromatic N) is 2. The Bertz CT molecular complexity index is 632. The van der Waals surface area contributed by atoms with Gasteiger partial charge < -0.3 is 16.0 Å². The fourth-order valence-electron chi connectivity index (χ4n) is 2.77. The normalized spacial score (nSPS) is 21.6. The van der Waals surface area contributed by atoms with Crippen LogP contribution in [0.1, 0.15) is 19.3 Å². The van der Waals surface area contributed by atoms with E-state index < -0.39 is 0 Å². The molecule has 0 spiro atoms. The van der Waals surface area contributed by atoms with Gasteiger partial charge in [-0.25, -0.2) is 9.97 Å². The van der Waals surface area contributed by atoms with E-state index >= 15 is 0 Å². The quantitative estimate of drug-likeness (QED) is 0.785. The summed E-state index contributed by atoms with van der Waals surface area (Å²) in [5.74, 6) is 2.49. The smallest absolute Gasteiger partial charge is 0.169 e. The van der Waals surface area contributed by atoms with Crippen LogP contribution in [0, 0.1) is 5.92 Å². The Balaban J connectivity index is 1.59. The van der Waals surface area contributed by atoms with Crippen LogP contribution in [-0.4, -0.2) is 35.6 Å². The summed E-state index contributed by atoms with van der Waals surface area (Å²) in [7, 11) is 0. The average Bonchev–Trinajstić information content (AvgIpc) is 3.17. The molecule has 1 saturated carbocycles. The predicted molar refractivity (Wildman–Crippen MR) is 85.6 cm³/mol. The summed E-state index contributed by atoms with van der Waals surface area (Å²) < 4.78 is 0. The van der Waals surface area contributed by atoms with Gasteiger partial charge in [-0.2, -0.15) is 0 Å². The van der Waals surface area contributed by atoms with Crippen LogP contribution < -0.4 is 16.0 Å². The van der Waals surface area contributed by atoms with Crippen molar-refractivity contribution < 1.29 is 0 Å². The van der Waals surface area contributed by atoms with Crippen LogP contribution in [-0.2, 0) is 0 Å². The van der Waals surface area contributed by atoms with Gasteiger partial charge in [-0.3, -0.25) is 0 Å². The second-order valence-corrected chi connectivity index (χ2v) is 6.07. The summed E-state index contributed by atoms with van der Waals surface area (Å²) in [6.45, 7) is 3.18. The Morgan fingerprint density at radius 2 is 1.81 bits per heavy atom. The number of para-hydroxylation sites is 2. The van der Waals surface area contributed by atoms with Crippen LogP contribution in [0.15, 0.2) is 24.3 Å². The zero-order valence-electron chi connectivity index (χ0n) is 12.1. The Morgan fingerprint density at radius 3 is 2.48 bits per heavy atom. The van der Waals surface area contributed by atoms with Crippen molar-refractivity contribution in [3.8, 4) is 0 Å². The molecule has 2 aliphatic rings. The molecule has 110 valence electrons.